The van der Waals surface area contributed by atoms with Crippen LogP contribution >= 0.6 is 11.3 Å². The minimum absolute atomic E-state index is 0.0997. The van der Waals surface area contributed by atoms with Gasteiger partial charge in [0.05, 0.1) is 18.9 Å². The number of nitrogens with zero attached hydrogens (tertiary/aromatic N) is 2. The lowest BCUT2D eigenvalue weighted by Gasteiger charge is -2.20. The Labute approximate surface area is 127 Å². The molecular weight excluding hydrogens is 290 g/mol. The molecule has 0 bridgehead atoms. The molecule has 0 fully saturated rings. The predicted molar refractivity (Wildman–Crippen MR) is 83.6 cm³/mol. The molecule has 0 aliphatic carbocycles. The molecule has 7 heteroatoms. The number of carbonyl (C=O) groups excluding carboxylic acids is 1. The van der Waals surface area contributed by atoms with Crippen LogP contribution in [0.4, 0.5) is 5.69 Å². The second kappa shape index (κ2) is 6.84. The summed E-state index contributed by atoms with van der Waals surface area (Å²) in [5.74, 6) is -0.194. The van der Waals surface area contributed by atoms with Crippen LogP contribution in [0, 0.1) is 6.92 Å². The number of pyridine rings is 1. The number of aromatic nitrogens is 1. The monoisotopic (exact) mass is 309 g/mol. The third-order valence-corrected chi connectivity index (χ3v) is 4.36. The lowest BCUT2D eigenvalue weighted by molar-refractivity contribution is 0.0662. The number of hydrogen-bond acceptors (Lipinski definition) is 6. The summed E-state index contributed by atoms with van der Waals surface area (Å²) in [6, 6.07) is 1.87. The van der Waals surface area contributed by atoms with Crippen molar-refractivity contribution >= 4 is 33.1 Å². The van der Waals surface area contributed by atoms with E-state index < -0.39 is 0 Å². The lowest BCUT2D eigenvalue weighted by atomic mass is 10.1. The van der Waals surface area contributed by atoms with Crippen molar-refractivity contribution in [2.24, 2.45) is 0 Å². The fourth-order valence-electron chi connectivity index (χ4n) is 2.14. The van der Waals surface area contributed by atoms with Gasteiger partial charge >= 0.3 is 0 Å². The average molecular weight is 309 g/mol. The van der Waals surface area contributed by atoms with Crippen molar-refractivity contribution in [3.8, 4) is 0 Å². The molecule has 2 aromatic rings. The number of hydrogen-bond donors (Lipinski definition) is 2. The summed E-state index contributed by atoms with van der Waals surface area (Å²) in [5, 5.41) is 9.94. The number of aliphatic hydroxyl groups is 1. The molecule has 6 nitrogen and oxygen atoms in total. The topological polar surface area (TPSA) is 88.7 Å². The maximum absolute atomic E-state index is 12.6. The molecule has 0 aliphatic heterocycles. The van der Waals surface area contributed by atoms with Crippen molar-refractivity contribution in [3.63, 3.8) is 0 Å². The molecule has 0 aliphatic rings. The Hall–Kier alpha value is -1.70. The molecule has 0 saturated carbocycles. The van der Waals surface area contributed by atoms with Crippen molar-refractivity contribution in [3.05, 3.63) is 22.7 Å². The Morgan fingerprint density at radius 2 is 2.29 bits per heavy atom. The number of anilines is 1. The van der Waals surface area contributed by atoms with Gasteiger partial charge < -0.3 is 20.5 Å². The summed E-state index contributed by atoms with van der Waals surface area (Å²) in [6.07, 6.45) is 1.71. The molecule has 0 saturated heterocycles. The molecular formula is C14H19N3O3S. The van der Waals surface area contributed by atoms with Crippen molar-refractivity contribution in [2.45, 2.75) is 6.92 Å². The van der Waals surface area contributed by atoms with E-state index in [2.05, 4.69) is 4.98 Å². The first kappa shape index (κ1) is 15.7. The van der Waals surface area contributed by atoms with Crippen LogP contribution < -0.4 is 5.73 Å². The van der Waals surface area contributed by atoms with Gasteiger partial charge in [-0.2, -0.15) is 0 Å². The van der Waals surface area contributed by atoms with Gasteiger partial charge in [0.25, 0.3) is 5.91 Å². The van der Waals surface area contributed by atoms with Gasteiger partial charge in [0.2, 0.25) is 0 Å². The highest BCUT2D eigenvalue weighted by Gasteiger charge is 2.22. The van der Waals surface area contributed by atoms with E-state index in [1.807, 2.05) is 13.0 Å². The first-order valence-corrected chi connectivity index (χ1v) is 7.44. The van der Waals surface area contributed by atoms with Crippen LogP contribution in [0.25, 0.3) is 10.2 Å². The van der Waals surface area contributed by atoms with E-state index >= 15 is 0 Å². The highest BCUT2D eigenvalue weighted by atomic mass is 32.1. The first-order chi connectivity index (χ1) is 10.1. The van der Waals surface area contributed by atoms with Crippen LogP contribution in [0.15, 0.2) is 12.3 Å². The Morgan fingerprint density at radius 1 is 1.52 bits per heavy atom. The highest BCUT2D eigenvalue weighted by molar-refractivity contribution is 7.21. The second-order valence-electron chi connectivity index (χ2n) is 4.66. The number of rotatable bonds is 6. The number of ether oxygens (including phenoxy) is 1. The van der Waals surface area contributed by atoms with Crippen LogP contribution in [0.3, 0.4) is 0 Å². The maximum atomic E-state index is 12.6. The fourth-order valence-corrected chi connectivity index (χ4v) is 3.25. The summed E-state index contributed by atoms with van der Waals surface area (Å²) in [4.78, 5) is 19.6. The quantitative estimate of drug-likeness (QED) is 0.839. The number of nitrogen functional groups attached to an aromatic ring is 1. The van der Waals surface area contributed by atoms with Crippen molar-refractivity contribution in [1.82, 2.24) is 9.88 Å². The van der Waals surface area contributed by atoms with E-state index in [1.165, 1.54) is 11.3 Å². The summed E-state index contributed by atoms with van der Waals surface area (Å²) in [6.45, 7) is 2.92. The SMILES string of the molecule is COCCN(CCO)C(=O)c1sc2nccc(C)c2c1N. The molecule has 0 atom stereocenters. The van der Waals surface area contributed by atoms with Gasteiger partial charge in [-0.05, 0) is 18.6 Å². The predicted octanol–water partition coefficient (Wildman–Crippen LogP) is 1.27. The van der Waals surface area contributed by atoms with Crippen LogP contribution in [0.2, 0.25) is 0 Å². The molecule has 2 aromatic heterocycles. The smallest absolute Gasteiger partial charge is 0.266 e. The molecule has 0 radical (unpaired) electrons. The van der Waals surface area contributed by atoms with E-state index in [0.29, 0.717) is 23.7 Å². The van der Waals surface area contributed by atoms with Gasteiger partial charge in [-0.1, -0.05) is 0 Å². The molecule has 21 heavy (non-hydrogen) atoms. The average Bonchev–Trinajstić information content (AvgIpc) is 2.81. The number of carbonyl (C=O) groups is 1. The van der Waals surface area contributed by atoms with Gasteiger partial charge in [-0.25, -0.2) is 4.98 Å². The highest BCUT2D eigenvalue weighted by Crippen LogP contribution is 2.34. The first-order valence-electron chi connectivity index (χ1n) is 6.62. The number of thiophene rings is 1. The van der Waals surface area contributed by atoms with E-state index in [0.717, 1.165) is 15.8 Å². The molecule has 0 unspecified atom stereocenters. The van der Waals surface area contributed by atoms with E-state index in [-0.39, 0.29) is 19.1 Å². The number of fused-ring (bicyclic) bond motifs is 1. The number of nitrogens with two attached hydrogens (primary N) is 1. The van der Waals surface area contributed by atoms with E-state index in [4.69, 9.17) is 15.6 Å². The minimum Gasteiger partial charge on any atom is -0.397 e. The van der Waals surface area contributed by atoms with Gasteiger partial charge in [-0.15, -0.1) is 11.3 Å². The van der Waals surface area contributed by atoms with Gasteiger partial charge in [0, 0.05) is 31.8 Å². The van der Waals surface area contributed by atoms with E-state index in [9.17, 15) is 4.79 Å². The normalized spacial score (nSPS) is 11.0. The lowest BCUT2D eigenvalue weighted by Crippen LogP contribution is -2.36. The Morgan fingerprint density at radius 3 is 2.90 bits per heavy atom. The molecule has 3 N–H and O–H groups in total. The summed E-state index contributed by atoms with van der Waals surface area (Å²) >= 11 is 1.28. The van der Waals surface area contributed by atoms with Crippen LogP contribution in [0.1, 0.15) is 15.2 Å². The van der Waals surface area contributed by atoms with E-state index in [1.54, 1.807) is 18.2 Å². The van der Waals surface area contributed by atoms with Gasteiger partial charge in [-0.3, -0.25) is 4.79 Å². The maximum Gasteiger partial charge on any atom is 0.266 e. The zero-order valence-electron chi connectivity index (χ0n) is 12.1. The summed E-state index contributed by atoms with van der Waals surface area (Å²) in [7, 11) is 1.57. The summed E-state index contributed by atoms with van der Waals surface area (Å²) in [5.41, 5.74) is 7.59. The zero-order valence-corrected chi connectivity index (χ0v) is 12.9. The summed E-state index contributed by atoms with van der Waals surface area (Å²) < 4.78 is 5.00. The standard InChI is InChI=1S/C14H19N3O3S/c1-9-3-4-16-13-10(9)11(15)12(21-13)14(19)17(5-7-18)6-8-20-2/h3-4,18H,5-8,15H2,1-2H3. The number of methoxy groups -OCH3 is 1. The number of aryl methyl sites for hydroxylation is 1. The van der Waals surface area contributed by atoms with Crippen molar-refractivity contribution < 1.29 is 14.6 Å². The molecule has 0 spiro atoms. The Balaban J connectivity index is 2.37. The third kappa shape index (κ3) is 3.15. The Kier molecular flexibility index (Phi) is 5.11. The van der Waals surface area contributed by atoms with Crippen LogP contribution in [0.5, 0.6) is 0 Å². The van der Waals surface area contributed by atoms with Crippen molar-refractivity contribution in [1.29, 1.82) is 0 Å². The van der Waals surface area contributed by atoms with Crippen LogP contribution in [-0.2, 0) is 4.74 Å². The van der Waals surface area contributed by atoms with Gasteiger partial charge in [0.1, 0.15) is 9.71 Å². The fraction of sp³-hybridized carbons (Fsp3) is 0.429. The molecule has 2 heterocycles. The zero-order chi connectivity index (χ0) is 15.4. The molecule has 114 valence electrons. The Bertz CT molecular complexity index is 642. The second-order valence-corrected chi connectivity index (χ2v) is 5.66. The minimum atomic E-state index is -0.194. The largest absolute Gasteiger partial charge is 0.397 e. The molecule has 2 rings (SSSR count). The third-order valence-electron chi connectivity index (χ3n) is 3.25. The molecule has 0 aromatic carbocycles. The number of aliphatic hydroxyl groups excluding tert-OH is 1. The number of amides is 1. The molecule has 1 amide bonds. The van der Waals surface area contributed by atoms with Crippen LogP contribution in [-0.4, -0.2) is 54.3 Å². The van der Waals surface area contributed by atoms with Gasteiger partial charge in [0.15, 0.2) is 0 Å². The van der Waals surface area contributed by atoms with Crippen molar-refractivity contribution in [2.75, 3.05) is 39.1 Å².